The maximum Gasteiger partial charge on any atom is 0.276 e. The Morgan fingerprint density at radius 1 is 1.24 bits per heavy atom. The Labute approximate surface area is 120 Å². The fourth-order valence-corrected chi connectivity index (χ4v) is 2.15. The lowest BCUT2D eigenvalue weighted by Gasteiger charge is -2.03. The van der Waals surface area contributed by atoms with E-state index in [1.807, 2.05) is 19.9 Å². The van der Waals surface area contributed by atoms with Crippen LogP contribution in [0.2, 0.25) is 0 Å². The molecule has 0 spiro atoms. The van der Waals surface area contributed by atoms with Crippen molar-refractivity contribution in [3.05, 3.63) is 59.3 Å². The van der Waals surface area contributed by atoms with Crippen molar-refractivity contribution in [2.75, 3.05) is 5.32 Å². The van der Waals surface area contributed by atoms with Gasteiger partial charge in [-0.25, -0.2) is 13.9 Å². The number of carbonyl (C=O) groups is 1. The number of nitrogens with zero attached hydrogens (tertiary/aromatic N) is 3. The van der Waals surface area contributed by atoms with E-state index in [4.69, 9.17) is 0 Å². The molecular weight excluding hydrogens is 271 g/mol. The predicted octanol–water partition coefficient (Wildman–Crippen LogP) is 2.74. The number of amides is 1. The number of nitrogens with one attached hydrogen (secondary N) is 1. The molecule has 0 unspecified atom stereocenters. The minimum Gasteiger partial charge on any atom is -0.318 e. The minimum absolute atomic E-state index is 0.125. The summed E-state index contributed by atoms with van der Waals surface area (Å²) in [5.74, 6) is -0.956. The van der Waals surface area contributed by atoms with Crippen molar-refractivity contribution in [1.29, 1.82) is 0 Å². The van der Waals surface area contributed by atoms with Gasteiger partial charge in [-0.1, -0.05) is 12.1 Å². The fourth-order valence-electron chi connectivity index (χ4n) is 2.15. The summed E-state index contributed by atoms with van der Waals surface area (Å²) in [7, 11) is 0. The van der Waals surface area contributed by atoms with Gasteiger partial charge in [0.15, 0.2) is 11.3 Å². The third-order valence-corrected chi connectivity index (χ3v) is 3.09. The largest absolute Gasteiger partial charge is 0.318 e. The number of benzene rings is 1. The smallest absolute Gasteiger partial charge is 0.276 e. The van der Waals surface area contributed by atoms with Gasteiger partial charge >= 0.3 is 0 Å². The lowest BCUT2D eigenvalue weighted by atomic mass is 10.3. The number of para-hydroxylation sites is 1. The van der Waals surface area contributed by atoms with Gasteiger partial charge in [0, 0.05) is 17.5 Å². The molecule has 1 aromatic carbocycles. The zero-order valence-electron chi connectivity index (χ0n) is 11.6. The van der Waals surface area contributed by atoms with Gasteiger partial charge < -0.3 is 5.32 Å². The van der Waals surface area contributed by atoms with Crippen molar-refractivity contribution in [2.24, 2.45) is 0 Å². The molecule has 0 bridgehead atoms. The summed E-state index contributed by atoms with van der Waals surface area (Å²) in [6.07, 6.45) is 0. The van der Waals surface area contributed by atoms with Gasteiger partial charge in [-0.05, 0) is 32.0 Å². The molecule has 5 nitrogen and oxygen atoms in total. The number of halogens is 1. The van der Waals surface area contributed by atoms with Crippen LogP contribution in [0.5, 0.6) is 0 Å². The van der Waals surface area contributed by atoms with Crippen molar-refractivity contribution in [1.82, 2.24) is 14.6 Å². The van der Waals surface area contributed by atoms with E-state index in [1.165, 1.54) is 12.1 Å². The Balaban J connectivity index is 1.95. The van der Waals surface area contributed by atoms with E-state index in [-0.39, 0.29) is 11.4 Å². The molecule has 3 aromatic rings. The maximum atomic E-state index is 13.5. The van der Waals surface area contributed by atoms with E-state index in [0.29, 0.717) is 5.65 Å². The third kappa shape index (κ3) is 2.47. The highest BCUT2D eigenvalue weighted by molar-refractivity contribution is 6.03. The molecule has 1 N–H and O–H groups in total. The van der Waals surface area contributed by atoms with Crippen molar-refractivity contribution in [3.8, 4) is 0 Å². The summed E-state index contributed by atoms with van der Waals surface area (Å²) in [5.41, 5.74) is 2.63. The maximum absolute atomic E-state index is 13.5. The number of carbonyl (C=O) groups excluding carboxylic acids is 1. The first-order chi connectivity index (χ1) is 10.0. The summed E-state index contributed by atoms with van der Waals surface area (Å²) in [6, 6.07) is 9.45. The van der Waals surface area contributed by atoms with Crippen LogP contribution < -0.4 is 5.32 Å². The normalized spacial score (nSPS) is 10.8. The van der Waals surface area contributed by atoms with Crippen molar-refractivity contribution in [3.63, 3.8) is 0 Å². The van der Waals surface area contributed by atoms with E-state index in [1.54, 1.807) is 22.7 Å². The number of fused-ring (bicyclic) bond motifs is 1. The van der Waals surface area contributed by atoms with Gasteiger partial charge in [-0.15, -0.1) is 0 Å². The lowest BCUT2D eigenvalue weighted by molar-refractivity contribution is 0.102. The Bertz CT molecular complexity index is 841. The summed E-state index contributed by atoms with van der Waals surface area (Å²) in [6.45, 7) is 3.76. The van der Waals surface area contributed by atoms with Crippen molar-refractivity contribution in [2.45, 2.75) is 13.8 Å². The fraction of sp³-hybridized carbons (Fsp3) is 0.133. The molecule has 0 aliphatic heterocycles. The van der Waals surface area contributed by atoms with Crippen LogP contribution in [0.3, 0.4) is 0 Å². The molecule has 2 heterocycles. The van der Waals surface area contributed by atoms with Gasteiger partial charge in [0.25, 0.3) is 5.91 Å². The number of rotatable bonds is 2. The van der Waals surface area contributed by atoms with Gasteiger partial charge in [-0.2, -0.15) is 5.10 Å². The van der Waals surface area contributed by atoms with Gasteiger partial charge in [0.1, 0.15) is 5.82 Å². The van der Waals surface area contributed by atoms with Crippen LogP contribution in [-0.2, 0) is 0 Å². The number of hydrogen-bond acceptors (Lipinski definition) is 3. The van der Waals surface area contributed by atoms with Crippen molar-refractivity contribution >= 4 is 17.2 Å². The van der Waals surface area contributed by atoms with Crippen LogP contribution in [0.15, 0.2) is 36.4 Å². The van der Waals surface area contributed by atoms with Crippen LogP contribution >= 0.6 is 0 Å². The lowest BCUT2D eigenvalue weighted by Crippen LogP contribution is -2.13. The van der Waals surface area contributed by atoms with E-state index in [0.717, 1.165) is 11.4 Å². The molecule has 3 rings (SSSR count). The number of anilines is 1. The Hall–Kier alpha value is -2.76. The first kappa shape index (κ1) is 13.2. The highest BCUT2D eigenvalue weighted by atomic mass is 19.1. The quantitative estimate of drug-likeness (QED) is 0.787. The van der Waals surface area contributed by atoms with Crippen LogP contribution in [-0.4, -0.2) is 20.5 Å². The van der Waals surface area contributed by atoms with E-state index >= 15 is 0 Å². The second-order valence-corrected chi connectivity index (χ2v) is 4.77. The van der Waals surface area contributed by atoms with Crippen molar-refractivity contribution < 1.29 is 9.18 Å². The summed E-state index contributed by atoms with van der Waals surface area (Å²) in [4.78, 5) is 16.5. The van der Waals surface area contributed by atoms with Gasteiger partial charge in [0.2, 0.25) is 0 Å². The summed E-state index contributed by atoms with van der Waals surface area (Å²) < 4.78 is 15.1. The highest BCUT2D eigenvalue weighted by Crippen LogP contribution is 2.15. The Morgan fingerprint density at radius 3 is 2.76 bits per heavy atom. The molecular formula is C15H13FN4O. The van der Waals surface area contributed by atoms with Crippen LogP contribution in [0.1, 0.15) is 21.9 Å². The molecule has 0 atom stereocenters. The van der Waals surface area contributed by atoms with E-state index < -0.39 is 11.7 Å². The van der Waals surface area contributed by atoms with E-state index in [2.05, 4.69) is 15.4 Å². The SMILES string of the molecule is Cc1cc(C)n2nc(C(=O)Nc3ccccc3F)cc2n1. The average Bonchev–Trinajstić information content (AvgIpc) is 2.85. The molecule has 2 aromatic heterocycles. The zero-order valence-corrected chi connectivity index (χ0v) is 11.6. The first-order valence-electron chi connectivity index (χ1n) is 6.44. The molecule has 1 amide bonds. The molecule has 21 heavy (non-hydrogen) atoms. The summed E-state index contributed by atoms with van der Waals surface area (Å²) in [5, 5.41) is 6.70. The predicted molar refractivity (Wildman–Crippen MR) is 76.8 cm³/mol. The average molecular weight is 284 g/mol. The minimum atomic E-state index is -0.486. The van der Waals surface area contributed by atoms with E-state index in [9.17, 15) is 9.18 Å². The third-order valence-electron chi connectivity index (χ3n) is 3.09. The Morgan fingerprint density at radius 2 is 2.00 bits per heavy atom. The van der Waals surface area contributed by atoms with Gasteiger partial charge in [-0.3, -0.25) is 4.79 Å². The number of aromatic nitrogens is 3. The van der Waals surface area contributed by atoms with Crippen LogP contribution in [0.4, 0.5) is 10.1 Å². The topological polar surface area (TPSA) is 59.3 Å². The summed E-state index contributed by atoms with van der Waals surface area (Å²) >= 11 is 0. The molecule has 6 heteroatoms. The second-order valence-electron chi connectivity index (χ2n) is 4.77. The monoisotopic (exact) mass is 284 g/mol. The van der Waals surface area contributed by atoms with Gasteiger partial charge in [0.05, 0.1) is 5.69 Å². The molecule has 106 valence electrons. The molecule has 0 aliphatic carbocycles. The molecule has 0 saturated heterocycles. The number of aryl methyl sites for hydroxylation is 2. The Kier molecular flexibility index (Phi) is 3.13. The second kappa shape index (κ2) is 4.97. The zero-order chi connectivity index (χ0) is 15.0. The number of hydrogen-bond donors (Lipinski definition) is 1. The molecule has 0 aliphatic rings. The first-order valence-corrected chi connectivity index (χ1v) is 6.44. The van der Waals surface area contributed by atoms with Crippen LogP contribution in [0.25, 0.3) is 5.65 Å². The standard InChI is InChI=1S/C15H13FN4O/c1-9-7-10(2)20-14(17-9)8-13(19-20)15(21)18-12-6-4-3-5-11(12)16/h3-8H,1-2H3,(H,18,21). The highest BCUT2D eigenvalue weighted by Gasteiger charge is 2.14. The van der Waals surface area contributed by atoms with Crippen LogP contribution in [0, 0.1) is 19.7 Å². The molecule has 0 radical (unpaired) electrons. The molecule has 0 fully saturated rings. The molecule has 0 saturated carbocycles.